The van der Waals surface area contributed by atoms with Crippen molar-refractivity contribution in [1.82, 2.24) is 10.3 Å². The van der Waals surface area contributed by atoms with Gasteiger partial charge in [0.25, 0.3) is 5.91 Å². The predicted molar refractivity (Wildman–Crippen MR) is 67.8 cm³/mol. The van der Waals surface area contributed by atoms with Crippen molar-refractivity contribution in [3.8, 4) is 0 Å². The van der Waals surface area contributed by atoms with Gasteiger partial charge in [-0.2, -0.15) is 0 Å². The molecular weight excluding hydrogens is 226 g/mol. The lowest BCUT2D eigenvalue weighted by Crippen LogP contribution is -2.55. The molecule has 1 amide bonds. The Hall–Kier alpha value is -1.00. The van der Waals surface area contributed by atoms with Gasteiger partial charge in [0.15, 0.2) is 0 Å². The molecule has 0 aliphatic heterocycles. The van der Waals surface area contributed by atoms with Crippen LogP contribution in [0.5, 0.6) is 0 Å². The molecule has 1 aromatic rings. The van der Waals surface area contributed by atoms with Gasteiger partial charge in [-0.25, -0.2) is 0 Å². The number of carbonyl (C=O) groups is 1. The van der Waals surface area contributed by atoms with Crippen molar-refractivity contribution in [3.63, 3.8) is 0 Å². The van der Waals surface area contributed by atoms with E-state index in [4.69, 9.17) is 5.73 Å². The highest BCUT2D eigenvalue weighted by Gasteiger charge is 2.28. The Kier molecular flexibility index (Phi) is 5.55. The van der Waals surface area contributed by atoms with Crippen molar-refractivity contribution < 1.29 is 4.79 Å². The van der Waals surface area contributed by atoms with E-state index < -0.39 is 0 Å². The molecule has 1 heterocycles. The maximum absolute atomic E-state index is 11.8. The van der Waals surface area contributed by atoms with Crippen molar-refractivity contribution in [1.29, 1.82) is 0 Å². The number of nitrogens with two attached hydrogens (primary N) is 1. The monoisotopic (exact) mass is 245 g/mol. The molecule has 5 heteroatoms. The lowest BCUT2D eigenvalue weighted by molar-refractivity contribution is 0.0878. The van der Waals surface area contributed by atoms with Gasteiger partial charge in [-0.05, 0) is 25.0 Å². The Bertz CT molecular complexity index is 324. The van der Waals surface area contributed by atoms with Gasteiger partial charge in [0, 0.05) is 12.7 Å². The zero-order valence-corrected chi connectivity index (χ0v) is 10.7. The number of H-pyrrole nitrogens is 1. The lowest BCUT2D eigenvalue weighted by atomic mass is 9.88. The molecule has 0 aliphatic rings. The minimum atomic E-state index is -0.359. The van der Waals surface area contributed by atoms with E-state index in [1.165, 1.54) is 0 Å². The standard InChI is InChI=1S/C11H19N3O.ClH/c1-8(2)11(3,7-12)14-10(15)9-5-4-6-13-9;/h4-6,8,13H,7,12H2,1-3H3,(H,14,15);1H. The Morgan fingerprint density at radius 2 is 2.25 bits per heavy atom. The number of halogens is 1. The van der Waals surface area contributed by atoms with Crippen molar-refractivity contribution in [2.75, 3.05) is 6.54 Å². The summed E-state index contributed by atoms with van der Waals surface area (Å²) in [5.41, 5.74) is 5.89. The third-order valence-corrected chi connectivity index (χ3v) is 2.94. The Balaban J connectivity index is 0.00000225. The second-order valence-electron chi connectivity index (χ2n) is 4.31. The molecule has 1 aromatic heterocycles. The van der Waals surface area contributed by atoms with Crippen LogP contribution >= 0.6 is 12.4 Å². The number of nitrogens with one attached hydrogen (secondary N) is 2. The van der Waals surface area contributed by atoms with E-state index in [1.807, 2.05) is 20.8 Å². The number of carbonyl (C=O) groups excluding carboxylic acids is 1. The van der Waals surface area contributed by atoms with E-state index >= 15 is 0 Å². The zero-order valence-electron chi connectivity index (χ0n) is 9.91. The zero-order chi connectivity index (χ0) is 11.5. The highest BCUT2D eigenvalue weighted by molar-refractivity contribution is 5.92. The van der Waals surface area contributed by atoms with Crippen LogP contribution in [0.25, 0.3) is 0 Å². The molecule has 0 aromatic carbocycles. The first-order valence-electron chi connectivity index (χ1n) is 5.15. The van der Waals surface area contributed by atoms with Crippen LogP contribution in [0.1, 0.15) is 31.3 Å². The predicted octanol–water partition coefficient (Wildman–Crippen LogP) is 1.54. The number of aromatic amines is 1. The summed E-state index contributed by atoms with van der Waals surface area (Å²) in [5, 5.41) is 2.95. The molecule has 0 radical (unpaired) electrons. The smallest absolute Gasteiger partial charge is 0.268 e. The van der Waals surface area contributed by atoms with Gasteiger partial charge in [-0.15, -0.1) is 12.4 Å². The summed E-state index contributed by atoms with van der Waals surface area (Å²) in [4.78, 5) is 14.7. The summed E-state index contributed by atoms with van der Waals surface area (Å²) in [6, 6.07) is 3.54. The first-order valence-corrected chi connectivity index (χ1v) is 5.15. The van der Waals surface area contributed by atoms with Gasteiger partial charge >= 0.3 is 0 Å². The fraction of sp³-hybridized carbons (Fsp3) is 0.545. The first kappa shape index (κ1) is 15.0. The van der Waals surface area contributed by atoms with Crippen LogP contribution in [-0.2, 0) is 0 Å². The fourth-order valence-corrected chi connectivity index (χ4v) is 1.23. The van der Waals surface area contributed by atoms with Crippen molar-refractivity contribution >= 4 is 18.3 Å². The van der Waals surface area contributed by atoms with Gasteiger partial charge in [0.05, 0.1) is 5.54 Å². The Morgan fingerprint density at radius 1 is 1.62 bits per heavy atom. The topological polar surface area (TPSA) is 70.9 Å². The van der Waals surface area contributed by atoms with Crippen LogP contribution < -0.4 is 11.1 Å². The molecule has 4 N–H and O–H groups in total. The fourth-order valence-electron chi connectivity index (χ4n) is 1.23. The van der Waals surface area contributed by atoms with Crippen LogP contribution in [0.2, 0.25) is 0 Å². The Labute approximate surface area is 102 Å². The molecule has 0 bridgehead atoms. The first-order chi connectivity index (χ1) is 6.99. The molecule has 16 heavy (non-hydrogen) atoms. The summed E-state index contributed by atoms with van der Waals surface area (Å²) in [7, 11) is 0. The second-order valence-corrected chi connectivity index (χ2v) is 4.31. The molecular formula is C11H20ClN3O. The number of aromatic nitrogens is 1. The molecule has 1 atom stereocenters. The number of hydrogen-bond donors (Lipinski definition) is 3. The summed E-state index contributed by atoms with van der Waals surface area (Å²) in [6.07, 6.45) is 1.73. The van der Waals surface area contributed by atoms with E-state index in [1.54, 1.807) is 18.3 Å². The molecule has 0 saturated heterocycles. The molecule has 0 fully saturated rings. The van der Waals surface area contributed by atoms with E-state index in [0.29, 0.717) is 18.2 Å². The van der Waals surface area contributed by atoms with E-state index in [9.17, 15) is 4.79 Å². The third kappa shape index (κ3) is 3.25. The molecule has 1 rings (SSSR count). The van der Waals surface area contributed by atoms with Crippen LogP contribution in [0, 0.1) is 5.92 Å². The molecule has 1 unspecified atom stereocenters. The van der Waals surface area contributed by atoms with Gasteiger partial charge in [0.1, 0.15) is 5.69 Å². The summed E-state index contributed by atoms with van der Waals surface area (Å²) < 4.78 is 0. The summed E-state index contributed by atoms with van der Waals surface area (Å²) >= 11 is 0. The third-order valence-electron chi connectivity index (χ3n) is 2.94. The van der Waals surface area contributed by atoms with Gasteiger partial charge in [-0.1, -0.05) is 13.8 Å². The highest BCUT2D eigenvalue weighted by atomic mass is 35.5. The lowest BCUT2D eigenvalue weighted by Gasteiger charge is -2.33. The van der Waals surface area contributed by atoms with E-state index in [-0.39, 0.29) is 23.9 Å². The number of rotatable bonds is 4. The molecule has 0 aliphatic carbocycles. The average Bonchev–Trinajstić information content (AvgIpc) is 2.70. The van der Waals surface area contributed by atoms with Crippen LogP contribution in [0.3, 0.4) is 0 Å². The minimum absolute atomic E-state index is 0. The Morgan fingerprint density at radius 3 is 2.62 bits per heavy atom. The quantitative estimate of drug-likeness (QED) is 0.753. The van der Waals surface area contributed by atoms with Crippen LogP contribution in [0.4, 0.5) is 0 Å². The number of hydrogen-bond acceptors (Lipinski definition) is 2. The van der Waals surface area contributed by atoms with E-state index in [0.717, 1.165) is 0 Å². The highest BCUT2D eigenvalue weighted by Crippen LogP contribution is 2.15. The van der Waals surface area contributed by atoms with Crippen molar-refractivity contribution in [2.45, 2.75) is 26.3 Å². The summed E-state index contributed by atoms with van der Waals surface area (Å²) in [5.74, 6) is 0.183. The van der Waals surface area contributed by atoms with Crippen LogP contribution in [0.15, 0.2) is 18.3 Å². The SMILES string of the molecule is CC(C)C(C)(CN)NC(=O)c1ccc[nH]1.Cl. The molecule has 4 nitrogen and oxygen atoms in total. The average molecular weight is 246 g/mol. The van der Waals surface area contributed by atoms with Gasteiger partial charge in [-0.3, -0.25) is 4.79 Å². The van der Waals surface area contributed by atoms with Crippen LogP contribution in [-0.4, -0.2) is 23.0 Å². The maximum Gasteiger partial charge on any atom is 0.268 e. The van der Waals surface area contributed by atoms with E-state index in [2.05, 4.69) is 10.3 Å². The van der Waals surface area contributed by atoms with Crippen molar-refractivity contribution in [3.05, 3.63) is 24.0 Å². The number of amides is 1. The van der Waals surface area contributed by atoms with Gasteiger partial charge in [0.2, 0.25) is 0 Å². The van der Waals surface area contributed by atoms with Gasteiger partial charge < -0.3 is 16.0 Å². The second kappa shape index (κ2) is 5.92. The maximum atomic E-state index is 11.8. The molecule has 0 saturated carbocycles. The minimum Gasteiger partial charge on any atom is -0.357 e. The molecule has 92 valence electrons. The largest absolute Gasteiger partial charge is 0.357 e. The molecule has 0 spiro atoms. The summed E-state index contributed by atoms with van der Waals surface area (Å²) in [6.45, 7) is 6.47. The van der Waals surface area contributed by atoms with Crippen molar-refractivity contribution in [2.24, 2.45) is 11.7 Å². The normalized spacial score (nSPS) is 14.1.